The van der Waals surface area contributed by atoms with Crippen molar-refractivity contribution in [1.82, 2.24) is 9.88 Å². The quantitative estimate of drug-likeness (QED) is 0.900. The van der Waals surface area contributed by atoms with Crippen molar-refractivity contribution >= 4 is 5.82 Å². The molecule has 1 unspecified atom stereocenters. The van der Waals surface area contributed by atoms with Crippen molar-refractivity contribution in [3.8, 4) is 11.3 Å². The molecule has 1 aliphatic heterocycles. The zero-order valence-corrected chi connectivity index (χ0v) is 12.1. The summed E-state index contributed by atoms with van der Waals surface area (Å²) >= 11 is 0. The molecule has 0 amide bonds. The Labute approximate surface area is 125 Å². The van der Waals surface area contributed by atoms with E-state index in [1.807, 2.05) is 12.1 Å². The number of rotatable bonds is 4. The third-order valence-electron chi connectivity index (χ3n) is 3.95. The van der Waals surface area contributed by atoms with Crippen molar-refractivity contribution in [2.24, 2.45) is 5.73 Å². The summed E-state index contributed by atoms with van der Waals surface area (Å²) in [5.74, 6) is 0.552. The van der Waals surface area contributed by atoms with Crippen LogP contribution in [0.2, 0.25) is 0 Å². The van der Waals surface area contributed by atoms with Gasteiger partial charge in [-0.15, -0.1) is 0 Å². The van der Waals surface area contributed by atoms with E-state index in [-0.39, 0.29) is 6.17 Å². The van der Waals surface area contributed by atoms with E-state index in [4.69, 9.17) is 11.5 Å². The van der Waals surface area contributed by atoms with E-state index in [1.165, 1.54) is 5.56 Å². The topological polar surface area (TPSA) is 68.2 Å². The lowest BCUT2D eigenvalue weighted by Crippen LogP contribution is -2.37. The van der Waals surface area contributed by atoms with E-state index in [0.29, 0.717) is 5.82 Å². The van der Waals surface area contributed by atoms with E-state index in [2.05, 4.69) is 40.6 Å². The normalized spacial score (nSPS) is 19.0. The first kappa shape index (κ1) is 14.0. The van der Waals surface area contributed by atoms with Gasteiger partial charge in [0.2, 0.25) is 0 Å². The fourth-order valence-corrected chi connectivity index (χ4v) is 2.70. The minimum absolute atomic E-state index is 0.126. The molecule has 1 aromatic carbocycles. The molecule has 0 bridgehead atoms. The van der Waals surface area contributed by atoms with Crippen molar-refractivity contribution in [3.63, 3.8) is 0 Å². The number of hydrogen-bond donors (Lipinski definition) is 2. The maximum Gasteiger partial charge on any atom is 0.124 e. The average molecular weight is 281 g/mol. The summed E-state index contributed by atoms with van der Waals surface area (Å²) in [6.07, 6.45) is 4.42. The van der Waals surface area contributed by atoms with Crippen LogP contribution in [0.25, 0.3) is 11.3 Å². The van der Waals surface area contributed by atoms with Crippen LogP contribution in [0.3, 0.4) is 0 Å². The second-order valence-electron chi connectivity index (χ2n) is 5.45. The fourth-order valence-electron chi connectivity index (χ4n) is 2.70. The van der Waals surface area contributed by atoms with E-state index >= 15 is 0 Å². The van der Waals surface area contributed by atoms with Gasteiger partial charge in [0.1, 0.15) is 5.82 Å². The van der Waals surface area contributed by atoms with E-state index < -0.39 is 0 Å². The maximum absolute atomic E-state index is 6.01. The molecule has 1 aromatic heterocycles. The number of hydrogen-bond acceptors (Lipinski definition) is 4. The van der Waals surface area contributed by atoms with Gasteiger partial charge in [-0.2, -0.15) is 0 Å². The van der Waals surface area contributed by atoms with Gasteiger partial charge < -0.3 is 11.5 Å². The lowest BCUT2D eigenvalue weighted by molar-refractivity contribution is 0.275. The van der Waals surface area contributed by atoms with Gasteiger partial charge in [-0.25, -0.2) is 4.98 Å². The molecule has 1 atom stereocenters. The molecule has 0 saturated carbocycles. The van der Waals surface area contributed by atoms with Crippen LogP contribution in [-0.4, -0.2) is 29.1 Å². The van der Waals surface area contributed by atoms with Gasteiger partial charge in [0.15, 0.2) is 0 Å². The number of nitrogens with two attached hydrogens (primary N) is 2. The molecule has 21 heavy (non-hydrogen) atoms. The predicted octanol–water partition coefficient (Wildman–Crippen LogP) is 2.07. The van der Waals surface area contributed by atoms with Crippen LogP contribution >= 0.6 is 0 Å². The Morgan fingerprint density at radius 3 is 2.62 bits per heavy atom. The van der Waals surface area contributed by atoms with Crippen LogP contribution in [-0.2, 0) is 6.42 Å². The molecule has 0 spiro atoms. The van der Waals surface area contributed by atoms with Gasteiger partial charge >= 0.3 is 0 Å². The van der Waals surface area contributed by atoms with Gasteiger partial charge in [-0.3, -0.25) is 4.90 Å². The second-order valence-corrected chi connectivity index (χ2v) is 5.45. The SMILES string of the molecule is Nc1cccc(-c2ccc(CCN3CC[CH]C3N)cc2)n1. The molecule has 4 nitrogen and oxygen atoms in total. The van der Waals surface area contributed by atoms with Crippen LogP contribution in [0.1, 0.15) is 12.0 Å². The summed E-state index contributed by atoms with van der Waals surface area (Å²) in [5.41, 5.74) is 15.1. The van der Waals surface area contributed by atoms with Crippen molar-refractivity contribution < 1.29 is 0 Å². The molecule has 1 saturated heterocycles. The zero-order chi connectivity index (χ0) is 14.7. The second kappa shape index (κ2) is 6.24. The number of anilines is 1. The van der Waals surface area contributed by atoms with Crippen LogP contribution in [0.15, 0.2) is 42.5 Å². The summed E-state index contributed by atoms with van der Waals surface area (Å²) in [5, 5.41) is 0. The number of nitrogen functional groups attached to an aromatic ring is 1. The summed E-state index contributed by atoms with van der Waals surface area (Å²) in [6, 6.07) is 14.2. The monoisotopic (exact) mass is 281 g/mol. The number of nitrogens with zero attached hydrogens (tertiary/aromatic N) is 2. The molecule has 0 aliphatic carbocycles. The summed E-state index contributed by atoms with van der Waals surface area (Å²) < 4.78 is 0. The lowest BCUT2D eigenvalue weighted by atomic mass is 10.1. The molecule has 2 heterocycles. The third-order valence-corrected chi connectivity index (χ3v) is 3.95. The van der Waals surface area contributed by atoms with Crippen molar-refractivity contribution in [2.75, 3.05) is 18.8 Å². The number of benzene rings is 1. The Morgan fingerprint density at radius 1 is 1.14 bits per heavy atom. The number of aromatic nitrogens is 1. The minimum Gasteiger partial charge on any atom is -0.384 e. The van der Waals surface area contributed by atoms with E-state index in [1.54, 1.807) is 6.07 Å². The number of likely N-dealkylation sites (tertiary alicyclic amines) is 1. The Balaban J connectivity index is 1.64. The Hall–Kier alpha value is -1.91. The molecule has 109 valence electrons. The number of pyridine rings is 1. The highest BCUT2D eigenvalue weighted by Gasteiger charge is 2.20. The molecule has 1 aliphatic rings. The molecular formula is C17H21N4. The molecule has 4 heteroatoms. The lowest BCUT2D eigenvalue weighted by Gasteiger charge is -2.20. The third kappa shape index (κ3) is 3.40. The van der Waals surface area contributed by atoms with Gasteiger partial charge in [-0.1, -0.05) is 30.3 Å². The first-order valence-corrected chi connectivity index (χ1v) is 7.37. The van der Waals surface area contributed by atoms with Crippen molar-refractivity contribution in [2.45, 2.75) is 19.0 Å². The van der Waals surface area contributed by atoms with Gasteiger partial charge in [0, 0.05) is 18.7 Å². The largest absolute Gasteiger partial charge is 0.384 e. The molecule has 1 fully saturated rings. The Kier molecular flexibility index (Phi) is 4.18. The van der Waals surface area contributed by atoms with Crippen LogP contribution in [0, 0.1) is 6.42 Å². The first-order chi connectivity index (χ1) is 10.2. The minimum atomic E-state index is 0.126. The molecule has 1 radical (unpaired) electrons. The maximum atomic E-state index is 6.01. The molecule has 3 rings (SSSR count). The van der Waals surface area contributed by atoms with Crippen LogP contribution < -0.4 is 11.5 Å². The van der Waals surface area contributed by atoms with Gasteiger partial charge in [0.25, 0.3) is 0 Å². The molecule has 4 N–H and O–H groups in total. The smallest absolute Gasteiger partial charge is 0.124 e. The van der Waals surface area contributed by atoms with Crippen LogP contribution in [0.5, 0.6) is 0 Å². The fraction of sp³-hybridized carbons (Fsp3) is 0.294. The van der Waals surface area contributed by atoms with Crippen molar-refractivity contribution in [3.05, 3.63) is 54.4 Å². The zero-order valence-electron chi connectivity index (χ0n) is 12.1. The van der Waals surface area contributed by atoms with Gasteiger partial charge in [-0.05, 0) is 37.0 Å². The Bertz CT molecular complexity index is 594. The highest BCUT2D eigenvalue weighted by molar-refractivity contribution is 5.61. The van der Waals surface area contributed by atoms with E-state index in [0.717, 1.165) is 37.2 Å². The van der Waals surface area contributed by atoms with E-state index in [9.17, 15) is 0 Å². The average Bonchev–Trinajstić information content (AvgIpc) is 2.91. The summed E-state index contributed by atoms with van der Waals surface area (Å²) in [4.78, 5) is 6.65. The van der Waals surface area contributed by atoms with Crippen LogP contribution in [0.4, 0.5) is 5.82 Å². The van der Waals surface area contributed by atoms with Crippen molar-refractivity contribution in [1.29, 1.82) is 0 Å². The predicted molar refractivity (Wildman–Crippen MR) is 86.3 cm³/mol. The Morgan fingerprint density at radius 2 is 1.95 bits per heavy atom. The summed E-state index contributed by atoms with van der Waals surface area (Å²) in [7, 11) is 0. The molecular weight excluding hydrogens is 260 g/mol. The molecule has 2 aromatic rings. The highest BCUT2D eigenvalue weighted by Crippen LogP contribution is 2.19. The standard InChI is InChI=1S/C17H21N4/c18-16-4-1-3-15(20-16)14-8-6-13(7-9-14)10-12-21-11-2-5-17(21)19/h1,3-9,17H,2,10-12,19H2,(H2,18,20). The highest BCUT2D eigenvalue weighted by atomic mass is 15.2. The summed E-state index contributed by atoms with van der Waals surface area (Å²) in [6.45, 7) is 2.08. The van der Waals surface area contributed by atoms with Gasteiger partial charge in [0.05, 0.1) is 11.9 Å². The first-order valence-electron chi connectivity index (χ1n) is 7.37.